The second-order valence-electron chi connectivity index (χ2n) is 11.1. The maximum atomic E-state index is 13.4. The highest BCUT2D eigenvalue weighted by Gasteiger charge is 2.28. The summed E-state index contributed by atoms with van der Waals surface area (Å²) in [5.74, 6) is 0.370. The van der Waals surface area contributed by atoms with E-state index in [0.29, 0.717) is 18.1 Å². The molecule has 0 saturated heterocycles. The molecular weight excluding hydrogens is 502 g/mol. The molecule has 1 aromatic heterocycles. The molecule has 1 heterocycles. The molecule has 0 bridgehead atoms. The number of anilines is 2. The van der Waals surface area contributed by atoms with Gasteiger partial charge in [0.25, 0.3) is 5.16 Å². The van der Waals surface area contributed by atoms with Crippen molar-refractivity contribution in [3.05, 3.63) is 58.1 Å². The summed E-state index contributed by atoms with van der Waals surface area (Å²) in [6.07, 6.45) is 6.39. The van der Waals surface area contributed by atoms with E-state index in [4.69, 9.17) is 10.00 Å². The summed E-state index contributed by atoms with van der Waals surface area (Å²) in [5.41, 5.74) is 6.85. The second kappa shape index (κ2) is 10.0. The highest BCUT2D eigenvalue weighted by atomic mass is 32.2. The zero-order valence-electron chi connectivity index (χ0n) is 21.7. The van der Waals surface area contributed by atoms with Gasteiger partial charge in [-0.2, -0.15) is 10.2 Å². The molecule has 0 saturated carbocycles. The lowest BCUT2D eigenvalue weighted by Crippen LogP contribution is -2.22. The van der Waals surface area contributed by atoms with Crippen LogP contribution in [-0.4, -0.2) is 37.9 Å². The minimum atomic E-state index is -3.98. The van der Waals surface area contributed by atoms with Gasteiger partial charge in [-0.15, -0.1) is 5.10 Å². The van der Waals surface area contributed by atoms with Crippen LogP contribution in [0, 0.1) is 11.3 Å². The molecule has 0 amide bonds. The SMILES string of the molecule is C[Si](C)(C)CCOCn1nc(S(=O)(=O)c2ccc(C#N)cc2)nc1Nc1c2c(cc3c1CCC3)CCC2. The van der Waals surface area contributed by atoms with Crippen molar-refractivity contribution < 1.29 is 13.2 Å². The van der Waals surface area contributed by atoms with Crippen LogP contribution < -0.4 is 5.32 Å². The lowest BCUT2D eigenvalue weighted by molar-refractivity contribution is 0.0792. The number of sulfone groups is 1. The van der Waals surface area contributed by atoms with Gasteiger partial charge in [-0.1, -0.05) is 25.7 Å². The molecular formula is C27H33N5O3SSi. The standard InChI is InChI=1S/C27H33N5O3SSi/c1-37(2,3)15-14-35-18-32-26(29-25-23-8-4-6-20(23)16-21-7-5-9-24(21)25)30-27(31-32)36(33,34)22-12-10-19(17-28)11-13-22/h10-13,16H,4-9,14-15,18H2,1-3H3,(H,29,30,31). The van der Waals surface area contributed by atoms with Crippen molar-refractivity contribution in [1.82, 2.24) is 14.8 Å². The highest BCUT2D eigenvalue weighted by Crippen LogP contribution is 2.40. The van der Waals surface area contributed by atoms with Crippen LogP contribution in [-0.2, 0) is 47.0 Å². The van der Waals surface area contributed by atoms with Crippen LogP contribution in [0.4, 0.5) is 11.6 Å². The van der Waals surface area contributed by atoms with E-state index in [-0.39, 0.29) is 16.8 Å². The quantitative estimate of drug-likeness (QED) is 0.303. The summed E-state index contributed by atoms with van der Waals surface area (Å²) in [4.78, 5) is 4.54. The number of ether oxygens (including phenoxy) is 1. The molecule has 37 heavy (non-hydrogen) atoms. The Labute approximate surface area is 219 Å². The molecule has 0 radical (unpaired) electrons. The first-order chi connectivity index (χ1) is 17.7. The zero-order chi connectivity index (χ0) is 26.2. The van der Waals surface area contributed by atoms with Gasteiger partial charge in [0.1, 0.15) is 6.73 Å². The smallest absolute Gasteiger partial charge is 0.273 e. The largest absolute Gasteiger partial charge is 0.359 e. The predicted octanol–water partition coefficient (Wildman–Crippen LogP) is 5.02. The number of hydrogen-bond donors (Lipinski definition) is 1. The molecule has 8 nitrogen and oxygen atoms in total. The fraction of sp³-hybridized carbons (Fsp3) is 0.444. The highest BCUT2D eigenvalue weighted by molar-refractivity contribution is 7.91. The normalized spacial score (nSPS) is 14.9. The van der Waals surface area contributed by atoms with Crippen LogP contribution in [0.3, 0.4) is 0 Å². The third-order valence-electron chi connectivity index (χ3n) is 7.11. The average molecular weight is 536 g/mol. The van der Waals surface area contributed by atoms with E-state index in [2.05, 4.69) is 41.1 Å². The summed E-state index contributed by atoms with van der Waals surface area (Å²) in [7, 11) is -5.25. The molecule has 2 aliphatic rings. The third kappa shape index (κ3) is 5.35. The number of nitrogens with zero attached hydrogens (tertiary/aromatic N) is 4. The molecule has 0 fully saturated rings. The van der Waals surface area contributed by atoms with Crippen molar-refractivity contribution in [1.29, 1.82) is 5.26 Å². The molecule has 2 aromatic carbocycles. The molecule has 0 unspecified atom stereocenters. The fourth-order valence-electron chi connectivity index (χ4n) is 5.04. The average Bonchev–Trinajstić information content (AvgIpc) is 3.61. The van der Waals surface area contributed by atoms with Gasteiger partial charge >= 0.3 is 0 Å². The van der Waals surface area contributed by atoms with Crippen molar-refractivity contribution in [2.24, 2.45) is 0 Å². The number of benzene rings is 2. The molecule has 1 N–H and O–H groups in total. The van der Waals surface area contributed by atoms with Gasteiger partial charge in [-0.05, 0) is 91.1 Å². The summed E-state index contributed by atoms with van der Waals surface area (Å²) in [5, 5.41) is 16.7. The van der Waals surface area contributed by atoms with Crippen LogP contribution >= 0.6 is 0 Å². The topological polar surface area (TPSA) is 110 Å². The van der Waals surface area contributed by atoms with Crippen molar-refractivity contribution in [3.63, 3.8) is 0 Å². The Balaban J connectivity index is 1.50. The maximum absolute atomic E-state index is 13.4. The zero-order valence-corrected chi connectivity index (χ0v) is 23.5. The lowest BCUT2D eigenvalue weighted by Gasteiger charge is -2.18. The number of nitrogens with one attached hydrogen (secondary N) is 1. The number of fused-ring (bicyclic) bond motifs is 2. The lowest BCUT2D eigenvalue weighted by atomic mass is 9.99. The van der Waals surface area contributed by atoms with E-state index in [0.717, 1.165) is 50.3 Å². The summed E-state index contributed by atoms with van der Waals surface area (Å²) < 4.78 is 34.3. The van der Waals surface area contributed by atoms with Crippen molar-refractivity contribution in [2.45, 2.75) is 81.0 Å². The first kappa shape index (κ1) is 25.6. The van der Waals surface area contributed by atoms with E-state index in [1.807, 2.05) is 6.07 Å². The van der Waals surface area contributed by atoms with Gasteiger partial charge in [0.2, 0.25) is 15.8 Å². The van der Waals surface area contributed by atoms with Gasteiger partial charge in [-0.3, -0.25) is 0 Å². The monoisotopic (exact) mass is 535 g/mol. The molecule has 3 aromatic rings. The summed E-state index contributed by atoms with van der Waals surface area (Å²) in [6, 6.07) is 11.2. The minimum Gasteiger partial charge on any atom is -0.359 e. The Morgan fingerprint density at radius 3 is 2.30 bits per heavy atom. The summed E-state index contributed by atoms with van der Waals surface area (Å²) >= 11 is 0. The van der Waals surface area contributed by atoms with Gasteiger partial charge in [-0.25, -0.2) is 13.1 Å². The Morgan fingerprint density at radius 2 is 1.70 bits per heavy atom. The van der Waals surface area contributed by atoms with Crippen LogP contribution in [0.15, 0.2) is 40.4 Å². The van der Waals surface area contributed by atoms with Crippen molar-refractivity contribution in [3.8, 4) is 6.07 Å². The minimum absolute atomic E-state index is 0.0522. The van der Waals surface area contributed by atoms with E-state index < -0.39 is 17.9 Å². The molecule has 2 aliphatic carbocycles. The molecule has 5 rings (SSSR count). The van der Waals surface area contributed by atoms with Crippen LogP contribution in [0.25, 0.3) is 0 Å². The van der Waals surface area contributed by atoms with Crippen LogP contribution in [0.2, 0.25) is 25.7 Å². The van der Waals surface area contributed by atoms with Gasteiger partial charge in [0, 0.05) is 20.4 Å². The Bertz CT molecular complexity index is 1440. The molecule has 0 aliphatic heterocycles. The first-order valence-electron chi connectivity index (χ1n) is 12.9. The van der Waals surface area contributed by atoms with Gasteiger partial charge in [0.15, 0.2) is 0 Å². The predicted molar refractivity (Wildman–Crippen MR) is 145 cm³/mol. The van der Waals surface area contributed by atoms with Gasteiger partial charge in [0.05, 0.1) is 16.5 Å². The maximum Gasteiger partial charge on any atom is 0.273 e. The van der Waals surface area contributed by atoms with E-state index in [1.165, 1.54) is 51.2 Å². The Kier molecular flexibility index (Phi) is 6.96. The summed E-state index contributed by atoms with van der Waals surface area (Å²) in [6.45, 7) is 7.57. The number of aryl methyl sites for hydroxylation is 2. The third-order valence-corrected chi connectivity index (χ3v) is 10.4. The Morgan fingerprint density at radius 1 is 1.05 bits per heavy atom. The van der Waals surface area contributed by atoms with Gasteiger partial charge < -0.3 is 10.1 Å². The number of nitriles is 1. The molecule has 10 heteroatoms. The van der Waals surface area contributed by atoms with E-state index in [1.54, 1.807) is 0 Å². The number of aromatic nitrogens is 3. The molecule has 0 atom stereocenters. The van der Waals surface area contributed by atoms with E-state index in [9.17, 15) is 8.42 Å². The van der Waals surface area contributed by atoms with Crippen molar-refractivity contribution in [2.75, 3.05) is 11.9 Å². The number of rotatable bonds is 9. The fourth-order valence-corrected chi connectivity index (χ4v) is 6.91. The van der Waals surface area contributed by atoms with Crippen molar-refractivity contribution >= 4 is 29.5 Å². The number of hydrogen-bond acceptors (Lipinski definition) is 7. The molecule has 0 spiro atoms. The Hall–Kier alpha value is -3.00. The first-order valence-corrected chi connectivity index (χ1v) is 18.1. The second-order valence-corrected chi connectivity index (χ2v) is 18.5. The molecule has 194 valence electrons. The van der Waals surface area contributed by atoms with Crippen LogP contribution in [0.5, 0.6) is 0 Å². The van der Waals surface area contributed by atoms with Crippen LogP contribution in [0.1, 0.15) is 40.7 Å². The van der Waals surface area contributed by atoms with E-state index >= 15 is 0 Å².